The first-order valence-electron chi connectivity index (χ1n) is 10.7. The van der Waals surface area contributed by atoms with Crippen molar-refractivity contribution in [3.05, 3.63) is 106 Å². The fourth-order valence-corrected chi connectivity index (χ4v) is 3.70. The van der Waals surface area contributed by atoms with Crippen LogP contribution >= 0.6 is 0 Å². The molecular formula is C27H20N2O6. The van der Waals surface area contributed by atoms with Crippen molar-refractivity contribution in [3.8, 4) is 0 Å². The van der Waals surface area contributed by atoms with Crippen LogP contribution in [0.4, 0.5) is 5.69 Å². The zero-order valence-corrected chi connectivity index (χ0v) is 18.7. The smallest absolute Gasteiger partial charge is 0.355 e. The number of amides is 2. The van der Waals surface area contributed by atoms with Crippen LogP contribution in [0.5, 0.6) is 0 Å². The van der Waals surface area contributed by atoms with Crippen LogP contribution in [0.15, 0.2) is 78.5 Å². The molecule has 2 amide bonds. The van der Waals surface area contributed by atoms with Crippen LogP contribution in [0, 0.1) is 0 Å². The maximum absolute atomic E-state index is 13.1. The number of anilines is 1. The molecule has 0 spiro atoms. The number of hydrogen-bond donors (Lipinski definition) is 2. The normalized spacial score (nSPS) is 12.3. The molecule has 8 heteroatoms. The van der Waals surface area contributed by atoms with E-state index in [0.29, 0.717) is 11.1 Å². The van der Waals surface area contributed by atoms with Gasteiger partial charge in [-0.2, -0.15) is 0 Å². The number of rotatable bonds is 6. The summed E-state index contributed by atoms with van der Waals surface area (Å²) in [5, 5.41) is 4.94. The third-order valence-corrected chi connectivity index (χ3v) is 5.20. The molecule has 0 aromatic heterocycles. The van der Waals surface area contributed by atoms with E-state index in [4.69, 9.17) is 4.74 Å². The molecule has 3 aromatic rings. The highest BCUT2D eigenvalue weighted by Gasteiger charge is 2.31. The summed E-state index contributed by atoms with van der Waals surface area (Å²) < 4.78 is 5.07. The van der Waals surface area contributed by atoms with Crippen molar-refractivity contribution in [3.63, 3.8) is 0 Å². The molecule has 0 radical (unpaired) electrons. The number of esters is 1. The Morgan fingerprint density at radius 2 is 1.43 bits per heavy atom. The molecule has 0 unspecified atom stereocenters. The third-order valence-electron chi connectivity index (χ3n) is 5.20. The summed E-state index contributed by atoms with van der Waals surface area (Å²) in [6, 6.07) is 19.8. The summed E-state index contributed by atoms with van der Waals surface area (Å²) in [5.41, 5.74) is 1.48. The Hall–Kier alpha value is -4.85. The van der Waals surface area contributed by atoms with Crippen molar-refractivity contribution in [1.82, 2.24) is 5.32 Å². The van der Waals surface area contributed by atoms with Gasteiger partial charge in [0.1, 0.15) is 5.70 Å². The van der Waals surface area contributed by atoms with Crippen molar-refractivity contribution < 1.29 is 28.7 Å². The van der Waals surface area contributed by atoms with Gasteiger partial charge in [-0.05, 0) is 17.7 Å². The molecule has 1 aliphatic carbocycles. The molecule has 1 aliphatic rings. The Labute approximate surface area is 200 Å². The van der Waals surface area contributed by atoms with E-state index in [0.717, 1.165) is 0 Å². The molecule has 0 saturated heterocycles. The minimum atomic E-state index is -0.908. The minimum Gasteiger partial charge on any atom is -0.451 e. The second-order valence-electron chi connectivity index (χ2n) is 7.71. The average molecular weight is 468 g/mol. The van der Waals surface area contributed by atoms with E-state index in [1.54, 1.807) is 60.7 Å². The number of ketones is 2. The average Bonchev–Trinajstić information content (AvgIpc) is 2.85. The fraction of sp³-hybridized carbons (Fsp3) is 0.0741. The molecule has 0 aliphatic heterocycles. The minimum absolute atomic E-state index is 0.0822. The highest BCUT2D eigenvalue weighted by Crippen LogP contribution is 2.31. The van der Waals surface area contributed by atoms with Crippen LogP contribution in [0.3, 0.4) is 0 Å². The van der Waals surface area contributed by atoms with E-state index in [2.05, 4.69) is 10.6 Å². The second kappa shape index (κ2) is 9.96. The first-order chi connectivity index (χ1) is 16.8. The lowest BCUT2D eigenvalue weighted by atomic mass is 9.83. The Morgan fingerprint density at radius 3 is 2.11 bits per heavy atom. The number of benzene rings is 3. The molecule has 8 nitrogen and oxygen atoms in total. The first kappa shape index (κ1) is 23.3. The lowest BCUT2D eigenvalue weighted by Gasteiger charge is -2.20. The van der Waals surface area contributed by atoms with Gasteiger partial charge in [-0.15, -0.1) is 0 Å². The van der Waals surface area contributed by atoms with Gasteiger partial charge in [-0.25, -0.2) is 4.79 Å². The van der Waals surface area contributed by atoms with E-state index >= 15 is 0 Å². The fourth-order valence-electron chi connectivity index (χ4n) is 3.70. The van der Waals surface area contributed by atoms with Crippen molar-refractivity contribution in [1.29, 1.82) is 0 Å². The molecule has 0 atom stereocenters. The van der Waals surface area contributed by atoms with Gasteiger partial charge in [0.15, 0.2) is 18.2 Å². The molecule has 0 heterocycles. The number of ether oxygens (including phenoxy) is 1. The number of carbonyl (C=O) groups is 5. The zero-order valence-electron chi connectivity index (χ0n) is 18.7. The van der Waals surface area contributed by atoms with Crippen LogP contribution in [0.25, 0.3) is 6.08 Å². The Kier molecular flexibility index (Phi) is 6.64. The van der Waals surface area contributed by atoms with E-state index in [-0.39, 0.29) is 39.6 Å². The van der Waals surface area contributed by atoms with Gasteiger partial charge in [-0.3, -0.25) is 19.2 Å². The first-order valence-corrected chi connectivity index (χ1v) is 10.7. The van der Waals surface area contributed by atoms with Gasteiger partial charge in [0.2, 0.25) is 5.91 Å². The van der Waals surface area contributed by atoms with Crippen molar-refractivity contribution in [2.45, 2.75) is 6.92 Å². The summed E-state index contributed by atoms with van der Waals surface area (Å²) in [6.07, 6.45) is 1.43. The van der Waals surface area contributed by atoms with Crippen LogP contribution in [-0.4, -0.2) is 36.0 Å². The maximum atomic E-state index is 13.1. The number of fused-ring (bicyclic) bond motifs is 2. The van der Waals surface area contributed by atoms with Gasteiger partial charge in [0.25, 0.3) is 5.91 Å². The maximum Gasteiger partial charge on any atom is 0.355 e. The SMILES string of the molecule is CC(=O)NC(=Cc1ccccc1)C(=O)OCC(=O)Nc1cccc2c1C(=O)c1ccccc1C2=O. The number of hydrogen-bond acceptors (Lipinski definition) is 6. The second-order valence-corrected chi connectivity index (χ2v) is 7.71. The number of nitrogens with one attached hydrogen (secondary N) is 2. The lowest BCUT2D eigenvalue weighted by Crippen LogP contribution is -2.29. The van der Waals surface area contributed by atoms with E-state index < -0.39 is 24.4 Å². The molecule has 3 aromatic carbocycles. The van der Waals surface area contributed by atoms with Crippen molar-refractivity contribution >= 4 is 41.1 Å². The zero-order chi connectivity index (χ0) is 24.9. The van der Waals surface area contributed by atoms with Crippen LogP contribution in [-0.2, 0) is 19.1 Å². The quantitative estimate of drug-likeness (QED) is 0.332. The molecule has 35 heavy (non-hydrogen) atoms. The molecular weight excluding hydrogens is 448 g/mol. The van der Waals surface area contributed by atoms with Crippen molar-refractivity contribution in [2.75, 3.05) is 11.9 Å². The van der Waals surface area contributed by atoms with Gasteiger partial charge in [-0.1, -0.05) is 66.7 Å². The van der Waals surface area contributed by atoms with E-state index in [1.807, 2.05) is 0 Å². The molecule has 4 rings (SSSR count). The standard InChI is InChI=1S/C27H20N2O6/c1-16(30)28-22(14-17-8-3-2-4-9-17)27(34)35-15-23(31)29-21-13-7-12-20-24(21)26(33)19-11-6-5-10-18(19)25(20)32/h2-14H,15H2,1H3,(H,28,30)(H,29,31). The summed E-state index contributed by atoms with van der Waals surface area (Å²) in [7, 11) is 0. The summed E-state index contributed by atoms with van der Waals surface area (Å²) >= 11 is 0. The topological polar surface area (TPSA) is 119 Å². The molecule has 0 bridgehead atoms. The van der Waals surface area contributed by atoms with Crippen LogP contribution in [0.2, 0.25) is 0 Å². The summed E-state index contributed by atoms with van der Waals surface area (Å²) in [5.74, 6) is -2.80. The Balaban J connectivity index is 1.49. The third kappa shape index (κ3) is 5.06. The molecule has 0 saturated carbocycles. The van der Waals surface area contributed by atoms with Crippen LogP contribution < -0.4 is 10.6 Å². The predicted molar refractivity (Wildman–Crippen MR) is 128 cm³/mol. The van der Waals surface area contributed by atoms with Gasteiger partial charge < -0.3 is 15.4 Å². The predicted octanol–water partition coefficient (Wildman–Crippen LogP) is 3.12. The molecule has 2 N–H and O–H groups in total. The lowest BCUT2D eigenvalue weighted by molar-refractivity contribution is -0.144. The van der Waals surface area contributed by atoms with Gasteiger partial charge in [0, 0.05) is 23.6 Å². The monoisotopic (exact) mass is 468 g/mol. The highest BCUT2D eigenvalue weighted by atomic mass is 16.5. The van der Waals surface area contributed by atoms with Gasteiger partial charge in [0.05, 0.1) is 11.3 Å². The number of carbonyl (C=O) groups excluding carboxylic acids is 5. The summed E-state index contributed by atoms with van der Waals surface area (Å²) in [6.45, 7) is 0.570. The van der Waals surface area contributed by atoms with Gasteiger partial charge >= 0.3 is 5.97 Å². The largest absolute Gasteiger partial charge is 0.451 e. The molecule has 174 valence electrons. The molecule has 0 fully saturated rings. The Morgan fingerprint density at radius 1 is 0.800 bits per heavy atom. The van der Waals surface area contributed by atoms with E-state index in [1.165, 1.54) is 25.1 Å². The summed E-state index contributed by atoms with van der Waals surface area (Å²) in [4.78, 5) is 62.5. The highest BCUT2D eigenvalue weighted by molar-refractivity contribution is 6.30. The van der Waals surface area contributed by atoms with Crippen molar-refractivity contribution in [2.24, 2.45) is 0 Å². The van der Waals surface area contributed by atoms with Crippen LogP contribution in [0.1, 0.15) is 44.3 Å². The van der Waals surface area contributed by atoms with E-state index in [9.17, 15) is 24.0 Å². The Bertz CT molecular complexity index is 1390.